The van der Waals surface area contributed by atoms with E-state index in [2.05, 4.69) is 31.4 Å². The first-order valence-corrected chi connectivity index (χ1v) is 6.98. The van der Waals surface area contributed by atoms with Gasteiger partial charge in [-0.25, -0.2) is 0 Å². The number of aryl methyl sites for hydroxylation is 2. The molecule has 0 saturated carbocycles. The van der Waals surface area contributed by atoms with Crippen molar-refractivity contribution in [1.82, 2.24) is 0 Å². The quantitative estimate of drug-likeness (QED) is 0.504. The minimum atomic E-state index is -1.17. The molecule has 1 unspecified atom stereocenters. The summed E-state index contributed by atoms with van der Waals surface area (Å²) >= 11 is 0. The molecule has 0 aliphatic rings. The molecule has 0 aliphatic heterocycles. The third-order valence-electron chi connectivity index (χ3n) is 3.14. The maximum atomic E-state index is 11.0. The van der Waals surface area contributed by atoms with Crippen LogP contribution in [0.2, 0.25) is 0 Å². The standard InChI is InChI=1S/C16H15O.Na.HO2P/c1-11-9-12(2)16(13(3)15(11)10-17)14-7-5-4-6-8-14;;1-3-2/h4-9H,1-3H3;;3H/q-1;+1;/p+1. The fourth-order valence-corrected chi connectivity index (χ4v) is 2.39. The van der Waals surface area contributed by atoms with E-state index < -0.39 is 8.69 Å². The Kier molecular flexibility index (Phi) is 9.60. The Hall–Kier alpha value is -0.830. The smallest absolute Gasteiger partial charge is 0.376 e. The molecule has 0 spiro atoms. The van der Waals surface area contributed by atoms with Gasteiger partial charge in [-0.05, 0) is 17.1 Å². The van der Waals surface area contributed by atoms with Gasteiger partial charge in [0.05, 0.1) is 6.29 Å². The van der Waals surface area contributed by atoms with Gasteiger partial charge in [0.1, 0.15) is 0 Å². The van der Waals surface area contributed by atoms with Crippen molar-refractivity contribution in [3.8, 4) is 11.1 Å². The van der Waals surface area contributed by atoms with Gasteiger partial charge >= 0.3 is 38.2 Å². The predicted octanol–water partition coefficient (Wildman–Crippen LogP) is 0.658. The van der Waals surface area contributed by atoms with Crippen LogP contribution < -0.4 is 29.6 Å². The SMILES string of the molecule is Cc1cc(C)c(-c2ccccc2)c(C)c1[C-]=O.O=[PH+]O.[Na+]. The van der Waals surface area contributed by atoms with E-state index in [-0.39, 0.29) is 29.6 Å². The monoisotopic (exact) mass is 311 g/mol. The summed E-state index contributed by atoms with van der Waals surface area (Å²) in [6, 6.07) is 12.2. The minimum absolute atomic E-state index is 0. The number of rotatable bonds is 2. The summed E-state index contributed by atoms with van der Waals surface area (Å²) in [6.07, 6.45) is 2.05. The van der Waals surface area contributed by atoms with Crippen LogP contribution in [-0.4, -0.2) is 11.2 Å². The van der Waals surface area contributed by atoms with Crippen LogP contribution in [0.3, 0.4) is 0 Å². The van der Waals surface area contributed by atoms with Gasteiger partial charge in [0.25, 0.3) is 0 Å². The predicted molar refractivity (Wildman–Crippen MR) is 82.1 cm³/mol. The Balaban J connectivity index is 0.000000922. The fourth-order valence-electron chi connectivity index (χ4n) is 2.39. The van der Waals surface area contributed by atoms with Crippen molar-refractivity contribution in [2.75, 3.05) is 0 Å². The Morgan fingerprint density at radius 2 is 1.57 bits per heavy atom. The third kappa shape index (κ3) is 5.14. The zero-order valence-electron chi connectivity index (χ0n) is 12.7. The second-order valence-corrected chi connectivity index (χ2v) is 4.63. The first-order valence-electron chi connectivity index (χ1n) is 6.12. The molecule has 0 bridgehead atoms. The van der Waals surface area contributed by atoms with Crippen LogP contribution in [0.4, 0.5) is 0 Å². The molecule has 104 valence electrons. The van der Waals surface area contributed by atoms with Crippen molar-refractivity contribution in [3.63, 3.8) is 0 Å². The zero-order valence-corrected chi connectivity index (χ0v) is 15.7. The van der Waals surface area contributed by atoms with Crippen LogP contribution in [0.25, 0.3) is 11.1 Å². The van der Waals surface area contributed by atoms with E-state index in [1.54, 1.807) is 0 Å². The van der Waals surface area contributed by atoms with E-state index >= 15 is 0 Å². The summed E-state index contributed by atoms with van der Waals surface area (Å²) in [7, 11) is -1.17. The zero-order chi connectivity index (χ0) is 15.1. The topological polar surface area (TPSA) is 54.4 Å². The van der Waals surface area contributed by atoms with Gasteiger partial charge in [0, 0.05) is 0 Å². The van der Waals surface area contributed by atoms with Crippen molar-refractivity contribution in [3.05, 3.63) is 58.7 Å². The summed E-state index contributed by atoms with van der Waals surface area (Å²) in [6.45, 7) is 6.02. The summed E-state index contributed by atoms with van der Waals surface area (Å²) in [4.78, 5) is 18.1. The molecular weight excluding hydrogens is 294 g/mol. The molecule has 5 heteroatoms. The first-order chi connectivity index (χ1) is 9.56. The van der Waals surface area contributed by atoms with Crippen LogP contribution >= 0.6 is 8.69 Å². The van der Waals surface area contributed by atoms with Gasteiger partial charge in [-0.15, -0.1) is 22.8 Å². The molecular formula is C16H17NaO3P+. The maximum absolute atomic E-state index is 11.0. The molecule has 0 aliphatic carbocycles. The Morgan fingerprint density at radius 1 is 1.05 bits per heavy atom. The molecule has 0 heterocycles. The van der Waals surface area contributed by atoms with Crippen LogP contribution in [-0.2, 0) is 9.36 Å². The molecule has 0 aromatic heterocycles. The molecule has 1 N–H and O–H groups in total. The second-order valence-electron chi connectivity index (χ2n) is 4.44. The second kappa shape index (κ2) is 9.99. The average molecular weight is 311 g/mol. The van der Waals surface area contributed by atoms with Gasteiger partial charge in [-0.3, -0.25) is 0 Å². The molecule has 2 aromatic carbocycles. The minimum Gasteiger partial charge on any atom is -0.376 e. The number of hydrogen-bond donors (Lipinski definition) is 1. The van der Waals surface area contributed by atoms with Crippen molar-refractivity contribution in [1.29, 1.82) is 0 Å². The normalized spacial score (nSPS) is 9.33. The summed E-state index contributed by atoms with van der Waals surface area (Å²) in [5.41, 5.74) is 6.20. The number of carbonyl (C=O) groups excluding carboxylic acids is 1. The van der Waals surface area contributed by atoms with Gasteiger partial charge in [0.15, 0.2) is 0 Å². The van der Waals surface area contributed by atoms with E-state index in [0.29, 0.717) is 5.56 Å². The summed E-state index contributed by atoms with van der Waals surface area (Å²) < 4.78 is 8.51. The van der Waals surface area contributed by atoms with Gasteiger partial charge in [-0.1, -0.05) is 55.3 Å². The van der Waals surface area contributed by atoms with Crippen molar-refractivity contribution >= 4 is 15.0 Å². The van der Waals surface area contributed by atoms with E-state index in [4.69, 9.17) is 9.46 Å². The van der Waals surface area contributed by atoms with E-state index in [9.17, 15) is 4.79 Å². The Morgan fingerprint density at radius 3 is 2.05 bits per heavy atom. The fraction of sp³-hybridized carbons (Fsp3) is 0.188. The van der Waals surface area contributed by atoms with Crippen molar-refractivity contribution < 1.29 is 43.8 Å². The van der Waals surface area contributed by atoms with Crippen LogP contribution in [0.15, 0.2) is 36.4 Å². The van der Waals surface area contributed by atoms with Crippen LogP contribution in [0.5, 0.6) is 0 Å². The molecule has 2 aromatic rings. The summed E-state index contributed by atoms with van der Waals surface area (Å²) in [5, 5.41) is 0. The molecule has 21 heavy (non-hydrogen) atoms. The number of benzene rings is 2. The molecule has 2 rings (SSSR count). The largest absolute Gasteiger partial charge is 1.00 e. The van der Waals surface area contributed by atoms with E-state index in [1.165, 1.54) is 5.56 Å². The molecule has 3 nitrogen and oxygen atoms in total. The molecule has 0 amide bonds. The molecule has 0 fully saturated rings. The van der Waals surface area contributed by atoms with E-state index in [1.807, 2.05) is 32.0 Å². The Bertz CT molecular complexity index is 613. The van der Waals surface area contributed by atoms with Crippen molar-refractivity contribution in [2.45, 2.75) is 20.8 Å². The van der Waals surface area contributed by atoms with E-state index in [0.717, 1.165) is 22.3 Å². The molecule has 1 atom stereocenters. The first kappa shape index (κ1) is 20.2. The van der Waals surface area contributed by atoms with Crippen LogP contribution in [0, 0.1) is 20.8 Å². The maximum Gasteiger partial charge on any atom is 1.00 e. The Labute approximate surface area is 149 Å². The third-order valence-corrected chi connectivity index (χ3v) is 3.14. The van der Waals surface area contributed by atoms with Gasteiger partial charge < -0.3 is 4.79 Å². The van der Waals surface area contributed by atoms with Crippen molar-refractivity contribution in [2.24, 2.45) is 0 Å². The van der Waals surface area contributed by atoms with Gasteiger partial charge in [0.2, 0.25) is 0 Å². The average Bonchev–Trinajstić information content (AvgIpc) is 2.40. The van der Waals surface area contributed by atoms with Gasteiger partial charge in [-0.2, -0.15) is 4.89 Å². The summed E-state index contributed by atoms with van der Waals surface area (Å²) in [5.74, 6) is 0. The van der Waals surface area contributed by atoms with Crippen LogP contribution in [0.1, 0.15) is 22.3 Å². The molecule has 0 saturated heterocycles. The molecule has 0 radical (unpaired) electrons. The number of hydrogen-bond acceptors (Lipinski definition) is 2.